The van der Waals surface area contributed by atoms with Crippen LogP contribution in [-0.2, 0) is 17.6 Å². The normalized spacial score (nSPS) is 24.7. The summed E-state index contributed by atoms with van der Waals surface area (Å²) < 4.78 is 0. The highest BCUT2D eigenvalue weighted by Crippen LogP contribution is 2.24. The van der Waals surface area contributed by atoms with Gasteiger partial charge < -0.3 is 4.90 Å². The topological polar surface area (TPSA) is 23.6 Å². The molecule has 0 aromatic heterocycles. The fourth-order valence-electron chi connectivity index (χ4n) is 3.20. The number of amides is 1. The molecule has 0 bridgehead atoms. The summed E-state index contributed by atoms with van der Waals surface area (Å²) in [5.41, 5.74) is 3.05. The predicted octanol–water partition coefficient (Wildman–Crippen LogP) is 1.32. The van der Waals surface area contributed by atoms with Crippen LogP contribution in [0.2, 0.25) is 0 Å². The molecule has 3 heteroatoms. The first-order valence-corrected chi connectivity index (χ1v) is 6.87. The van der Waals surface area contributed by atoms with Crippen molar-refractivity contribution in [3.8, 4) is 0 Å². The summed E-state index contributed by atoms with van der Waals surface area (Å²) in [6.07, 6.45) is 4.62. The Morgan fingerprint density at radius 3 is 2.50 bits per heavy atom. The van der Waals surface area contributed by atoms with Gasteiger partial charge in [0.25, 0.3) is 0 Å². The van der Waals surface area contributed by atoms with Crippen LogP contribution in [0.4, 0.5) is 0 Å². The Hall–Kier alpha value is -1.35. The molecule has 1 aromatic carbocycles. The van der Waals surface area contributed by atoms with E-state index in [4.69, 9.17) is 0 Å². The quantitative estimate of drug-likeness (QED) is 0.733. The van der Waals surface area contributed by atoms with Gasteiger partial charge in [-0.05, 0) is 30.4 Å². The first kappa shape index (κ1) is 11.7. The van der Waals surface area contributed by atoms with Crippen molar-refractivity contribution in [1.82, 2.24) is 9.80 Å². The molecule has 96 valence electrons. The number of carbonyl (C=O) groups is 1. The van der Waals surface area contributed by atoms with Gasteiger partial charge in [0.05, 0.1) is 0 Å². The molecule has 1 heterocycles. The maximum atomic E-state index is 10.7. The molecule has 3 nitrogen and oxygen atoms in total. The lowest BCUT2D eigenvalue weighted by molar-refractivity contribution is -0.120. The summed E-state index contributed by atoms with van der Waals surface area (Å²) in [5.74, 6) is 0. The highest BCUT2D eigenvalue weighted by molar-refractivity contribution is 5.47. The van der Waals surface area contributed by atoms with Gasteiger partial charge in [-0.15, -0.1) is 0 Å². The van der Waals surface area contributed by atoms with Gasteiger partial charge in [0.2, 0.25) is 6.41 Å². The van der Waals surface area contributed by atoms with Gasteiger partial charge in [-0.3, -0.25) is 9.69 Å². The Morgan fingerprint density at radius 1 is 1.06 bits per heavy atom. The van der Waals surface area contributed by atoms with Crippen LogP contribution in [0.25, 0.3) is 0 Å². The van der Waals surface area contributed by atoms with Crippen molar-refractivity contribution in [1.29, 1.82) is 0 Å². The zero-order chi connectivity index (χ0) is 12.4. The average Bonchev–Trinajstić information content (AvgIpc) is 2.47. The van der Waals surface area contributed by atoms with Crippen LogP contribution in [0.1, 0.15) is 17.5 Å². The molecule has 1 atom stereocenters. The third-order valence-corrected chi connectivity index (χ3v) is 4.34. The number of benzene rings is 1. The van der Waals surface area contributed by atoms with Gasteiger partial charge in [-0.2, -0.15) is 0 Å². The van der Waals surface area contributed by atoms with Gasteiger partial charge in [0, 0.05) is 32.2 Å². The maximum Gasteiger partial charge on any atom is 0.209 e. The number of nitrogens with zero attached hydrogens (tertiary/aromatic N) is 2. The van der Waals surface area contributed by atoms with E-state index in [2.05, 4.69) is 29.2 Å². The average molecular weight is 244 g/mol. The second-order valence-electron chi connectivity index (χ2n) is 5.34. The van der Waals surface area contributed by atoms with E-state index in [1.165, 1.54) is 30.4 Å². The molecule has 0 N–H and O–H groups in total. The van der Waals surface area contributed by atoms with Crippen molar-refractivity contribution in [3.05, 3.63) is 35.4 Å². The fourth-order valence-corrected chi connectivity index (χ4v) is 3.20. The minimum Gasteiger partial charge on any atom is -0.343 e. The molecular weight excluding hydrogens is 224 g/mol. The lowest BCUT2D eigenvalue weighted by Gasteiger charge is -2.40. The van der Waals surface area contributed by atoms with Gasteiger partial charge in [0.15, 0.2) is 0 Å². The number of hydrogen-bond acceptors (Lipinski definition) is 2. The predicted molar refractivity (Wildman–Crippen MR) is 71.5 cm³/mol. The third kappa shape index (κ3) is 2.27. The third-order valence-electron chi connectivity index (χ3n) is 4.34. The molecule has 2 aliphatic rings. The van der Waals surface area contributed by atoms with E-state index in [9.17, 15) is 4.79 Å². The van der Waals surface area contributed by atoms with E-state index >= 15 is 0 Å². The molecule has 0 saturated carbocycles. The number of rotatable bonds is 2. The zero-order valence-electron chi connectivity index (χ0n) is 10.7. The van der Waals surface area contributed by atoms with Crippen molar-refractivity contribution in [2.75, 3.05) is 26.2 Å². The Kier molecular flexibility index (Phi) is 3.33. The lowest BCUT2D eigenvalue weighted by atomic mass is 9.87. The van der Waals surface area contributed by atoms with E-state index in [0.29, 0.717) is 6.04 Å². The van der Waals surface area contributed by atoms with Gasteiger partial charge in [-0.1, -0.05) is 24.3 Å². The van der Waals surface area contributed by atoms with E-state index in [1.54, 1.807) is 0 Å². The second kappa shape index (κ2) is 5.11. The smallest absolute Gasteiger partial charge is 0.209 e. The SMILES string of the molecule is O=CN1CCN([C@@H]2CCc3ccccc3C2)CC1. The summed E-state index contributed by atoms with van der Waals surface area (Å²) in [6.45, 7) is 3.85. The van der Waals surface area contributed by atoms with E-state index in [0.717, 1.165) is 32.6 Å². The molecule has 18 heavy (non-hydrogen) atoms. The zero-order valence-corrected chi connectivity index (χ0v) is 10.7. The maximum absolute atomic E-state index is 10.7. The molecule has 0 unspecified atom stereocenters. The number of aryl methyl sites for hydroxylation is 1. The fraction of sp³-hybridized carbons (Fsp3) is 0.533. The van der Waals surface area contributed by atoms with Crippen LogP contribution in [0, 0.1) is 0 Å². The monoisotopic (exact) mass is 244 g/mol. The Labute approximate surface area is 108 Å². The first-order valence-electron chi connectivity index (χ1n) is 6.87. The first-order chi connectivity index (χ1) is 8.86. The summed E-state index contributed by atoms with van der Waals surface area (Å²) >= 11 is 0. The van der Waals surface area contributed by atoms with Crippen LogP contribution in [0.3, 0.4) is 0 Å². The molecular formula is C15H20N2O. The Balaban J connectivity index is 1.64. The highest BCUT2D eigenvalue weighted by atomic mass is 16.1. The molecule has 0 radical (unpaired) electrons. The van der Waals surface area contributed by atoms with Crippen molar-refractivity contribution < 1.29 is 4.79 Å². The Morgan fingerprint density at radius 2 is 1.78 bits per heavy atom. The number of fused-ring (bicyclic) bond motifs is 1. The van der Waals surface area contributed by atoms with E-state index in [-0.39, 0.29) is 0 Å². The lowest BCUT2D eigenvalue weighted by Crippen LogP contribution is -2.51. The molecule has 1 aliphatic carbocycles. The van der Waals surface area contributed by atoms with Crippen LogP contribution < -0.4 is 0 Å². The molecule has 1 aromatic rings. The van der Waals surface area contributed by atoms with Gasteiger partial charge in [0.1, 0.15) is 0 Å². The summed E-state index contributed by atoms with van der Waals surface area (Å²) in [5, 5.41) is 0. The van der Waals surface area contributed by atoms with E-state index in [1.807, 2.05) is 4.90 Å². The van der Waals surface area contributed by atoms with E-state index < -0.39 is 0 Å². The van der Waals surface area contributed by atoms with Crippen molar-refractivity contribution in [3.63, 3.8) is 0 Å². The largest absolute Gasteiger partial charge is 0.343 e. The molecule has 1 saturated heterocycles. The van der Waals surface area contributed by atoms with Crippen molar-refractivity contribution in [2.24, 2.45) is 0 Å². The molecule has 3 rings (SSSR count). The molecule has 1 fully saturated rings. The standard InChI is InChI=1S/C15H20N2O/c18-12-16-7-9-17(10-8-16)15-6-5-13-3-1-2-4-14(13)11-15/h1-4,12,15H,5-11H2/t15-/m1/s1. The van der Waals surface area contributed by atoms with Crippen molar-refractivity contribution >= 4 is 6.41 Å². The molecule has 1 aliphatic heterocycles. The minimum absolute atomic E-state index is 0.675. The molecule has 1 amide bonds. The number of carbonyl (C=O) groups excluding carboxylic acids is 1. The van der Waals surface area contributed by atoms with Crippen molar-refractivity contribution in [2.45, 2.75) is 25.3 Å². The van der Waals surface area contributed by atoms with Crippen LogP contribution >= 0.6 is 0 Å². The van der Waals surface area contributed by atoms with Crippen LogP contribution in [0.5, 0.6) is 0 Å². The number of piperazine rings is 1. The Bertz CT molecular complexity index is 424. The molecule has 0 spiro atoms. The highest BCUT2D eigenvalue weighted by Gasteiger charge is 2.26. The second-order valence-corrected chi connectivity index (χ2v) is 5.34. The summed E-state index contributed by atoms with van der Waals surface area (Å²) in [6, 6.07) is 9.49. The van der Waals surface area contributed by atoms with Gasteiger partial charge in [-0.25, -0.2) is 0 Å². The van der Waals surface area contributed by atoms with Crippen LogP contribution in [0.15, 0.2) is 24.3 Å². The number of hydrogen-bond donors (Lipinski definition) is 0. The minimum atomic E-state index is 0.675. The van der Waals surface area contributed by atoms with Gasteiger partial charge >= 0.3 is 0 Å². The summed E-state index contributed by atoms with van der Waals surface area (Å²) in [4.78, 5) is 15.2. The van der Waals surface area contributed by atoms with Crippen LogP contribution in [-0.4, -0.2) is 48.4 Å². The summed E-state index contributed by atoms with van der Waals surface area (Å²) in [7, 11) is 0.